The number of hydrogen-bond donors (Lipinski definition) is 2. The van der Waals surface area contributed by atoms with Crippen LogP contribution in [0.15, 0.2) is 18.2 Å². The molecule has 5 heteroatoms. The van der Waals surface area contributed by atoms with Crippen LogP contribution in [-0.4, -0.2) is 17.0 Å². The zero-order valence-corrected chi connectivity index (χ0v) is 10.9. The zero-order chi connectivity index (χ0) is 14.4. The maximum absolute atomic E-state index is 11.8. The summed E-state index contributed by atoms with van der Waals surface area (Å²) in [5, 5.41) is 20.3. The van der Waals surface area contributed by atoms with Crippen LogP contribution in [-0.2, 0) is 9.59 Å². The Labute approximate surface area is 111 Å². The molecule has 19 heavy (non-hydrogen) atoms. The predicted molar refractivity (Wildman–Crippen MR) is 70.6 cm³/mol. The van der Waals surface area contributed by atoms with Gasteiger partial charge in [0, 0.05) is 12.8 Å². The van der Waals surface area contributed by atoms with Crippen molar-refractivity contribution in [3.63, 3.8) is 0 Å². The van der Waals surface area contributed by atoms with E-state index < -0.39 is 5.97 Å². The second kappa shape index (κ2) is 6.55. The first-order valence-electron chi connectivity index (χ1n) is 5.95. The molecule has 0 fully saturated rings. The van der Waals surface area contributed by atoms with E-state index in [1.54, 1.807) is 32.0 Å². The molecule has 0 spiro atoms. The fourth-order valence-electron chi connectivity index (χ4n) is 1.81. The highest BCUT2D eigenvalue weighted by molar-refractivity contribution is 5.92. The summed E-state index contributed by atoms with van der Waals surface area (Å²) in [5.74, 6) is -1.45. The van der Waals surface area contributed by atoms with Crippen molar-refractivity contribution in [2.45, 2.75) is 26.7 Å². The Kier molecular flexibility index (Phi) is 5.07. The Bertz CT molecular complexity index is 532. The van der Waals surface area contributed by atoms with E-state index in [4.69, 9.17) is 10.4 Å². The fourth-order valence-corrected chi connectivity index (χ4v) is 1.81. The maximum Gasteiger partial charge on any atom is 0.303 e. The molecule has 0 aliphatic rings. The monoisotopic (exact) mass is 260 g/mol. The number of carbonyl (C=O) groups is 2. The summed E-state index contributed by atoms with van der Waals surface area (Å²) in [5.41, 5.74) is 1.69. The molecule has 0 bridgehead atoms. The van der Waals surface area contributed by atoms with Gasteiger partial charge in [-0.25, -0.2) is 0 Å². The number of hydrogen-bond acceptors (Lipinski definition) is 3. The number of aryl methyl sites for hydroxylation is 1. The number of carbonyl (C=O) groups excluding carboxylic acids is 1. The van der Waals surface area contributed by atoms with Gasteiger partial charge in [-0.15, -0.1) is 0 Å². The van der Waals surface area contributed by atoms with Gasteiger partial charge < -0.3 is 10.4 Å². The number of nitrogens with one attached hydrogen (secondary N) is 1. The molecule has 5 nitrogen and oxygen atoms in total. The number of carboxylic acids is 1. The van der Waals surface area contributed by atoms with Crippen LogP contribution in [0.5, 0.6) is 0 Å². The van der Waals surface area contributed by atoms with Crippen LogP contribution >= 0.6 is 0 Å². The molecule has 1 rings (SSSR count). The molecule has 0 aliphatic heterocycles. The lowest BCUT2D eigenvalue weighted by atomic mass is 10.0. The van der Waals surface area contributed by atoms with Crippen LogP contribution < -0.4 is 5.32 Å². The van der Waals surface area contributed by atoms with Gasteiger partial charge in [0.25, 0.3) is 0 Å². The zero-order valence-electron chi connectivity index (χ0n) is 10.9. The van der Waals surface area contributed by atoms with E-state index in [2.05, 4.69) is 5.32 Å². The summed E-state index contributed by atoms with van der Waals surface area (Å²) in [6.07, 6.45) is 0.0669. The van der Waals surface area contributed by atoms with Gasteiger partial charge in [-0.2, -0.15) is 5.26 Å². The van der Waals surface area contributed by atoms with Crippen LogP contribution in [0.4, 0.5) is 5.69 Å². The molecule has 1 unspecified atom stereocenters. The molecule has 0 heterocycles. The van der Waals surface area contributed by atoms with Crippen molar-refractivity contribution >= 4 is 17.6 Å². The average molecular weight is 260 g/mol. The minimum atomic E-state index is -0.923. The standard InChI is InChI=1S/C14H16N2O3/c1-9(7-14(18)19)6-13(17)16-12-5-3-4-10(2)11(12)8-15/h3-5,9H,6-7H2,1-2H3,(H,16,17)(H,18,19). The number of aliphatic carboxylic acids is 1. The van der Waals surface area contributed by atoms with Crippen molar-refractivity contribution in [3.05, 3.63) is 29.3 Å². The molecular weight excluding hydrogens is 244 g/mol. The first-order chi connectivity index (χ1) is 8.93. The Morgan fingerprint density at radius 2 is 2.11 bits per heavy atom. The second-order valence-corrected chi connectivity index (χ2v) is 4.56. The molecule has 0 aliphatic carbocycles. The average Bonchev–Trinajstić information content (AvgIpc) is 2.27. The van der Waals surface area contributed by atoms with Gasteiger partial charge in [-0.3, -0.25) is 9.59 Å². The largest absolute Gasteiger partial charge is 0.481 e. The van der Waals surface area contributed by atoms with E-state index in [1.165, 1.54) is 0 Å². The van der Waals surface area contributed by atoms with E-state index >= 15 is 0 Å². The van der Waals surface area contributed by atoms with Crippen molar-refractivity contribution < 1.29 is 14.7 Å². The van der Waals surface area contributed by atoms with Gasteiger partial charge in [0.05, 0.1) is 11.3 Å². The molecule has 2 N–H and O–H groups in total. The quantitative estimate of drug-likeness (QED) is 0.850. The maximum atomic E-state index is 11.8. The summed E-state index contributed by atoms with van der Waals surface area (Å²) < 4.78 is 0. The molecule has 0 saturated carbocycles. The van der Waals surface area contributed by atoms with Crippen molar-refractivity contribution in [1.82, 2.24) is 0 Å². The van der Waals surface area contributed by atoms with E-state index in [1.807, 2.05) is 6.07 Å². The third-order valence-corrected chi connectivity index (χ3v) is 2.72. The molecule has 0 radical (unpaired) electrons. The molecule has 1 amide bonds. The highest BCUT2D eigenvalue weighted by Gasteiger charge is 2.14. The summed E-state index contributed by atoms with van der Waals surface area (Å²) in [4.78, 5) is 22.3. The van der Waals surface area contributed by atoms with Gasteiger partial charge in [-0.1, -0.05) is 19.1 Å². The number of nitriles is 1. The number of carboxylic acid groups (broad SMARTS) is 1. The first-order valence-corrected chi connectivity index (χ1v) is 5.95. The van der Waals surface area contributed by atoms with Crippen molar-refractivity contribution in [2.75, 3.05) is 5.32 Å². The Hall–Kier alpha value is -2.35. The summed E-state index contributed by atoms with van der Waals surface area (Å²) in [6.45, 7) is 3.50. The molecular formula is C14H16N2O3. The third kappa shape index (κ3) is 4.43. The minimum Gasteiger partial charge on any atom is -0.481 e. The van der Waals surface area contributed by atoms with Crippen molar-refractivity contribution in [3.8, 4) is 6.07 Å². The highest BCUT2D eigenvalue weighted by Crippen LogP contribution is 2.19. The first kappa shape index (κ1) is 14.7. The summed E-state index contributed by atoms with van der Waals surface area (Å²) in [7, 11) is 0. The lowest BCUT2D eigenvalue weighted by molar-refractivity contribution is -0.138. The van der Waals surface area contributed by atoms with Gasteiger partial charge in [0.2, 0.25) is 5.91 Å². The Morgan fingerprint density at radius 1 is 1.42 bits per heavy atom. The van der Waals surface area contributed by atoms with Gasteiger partial charge >= 0.3 is 5.97 Å². The molecule has 1 aromatic carbocycles. The van der Waals surface area contributed by atoms with Crippen LogP contribution in [0.2, 0.25) is 0 Å². The van der Waals surface area contributed by atoms with Crippen LogP contribution in [0.25, 0.3) is 0 Å². The Morgan fingerprint density at radius 3 is 2.68 bits per heavy atom. The summed E-state index contributed by atoms with van der Waals surface area (Å²) in [6, 6.07) is 7.25. The molecule has 0 aromatic heterocycles. The lowest BCUT2D eigenvalue weighted by Gasteiger charge is -2.11. The smallest absolute Gasteiger partial charge is 0.303 e. The lowest BCUT2D eigenvalue weighted by Crippen LogP contribution is -2.17. The molecule has 1 atom stereocenters. The van der Waals surface area contributed by atoms with Crippen LogP contribution in [0.3, 0.4) is 0 Å². The highest BCUT2D eigenvalue weighted by atomic mass is 16.4. The van der Waals surface area contributed by atoms with E-state index in [0.717, 1.165) is 5.56 Å². The number of rotatable bonds is 5. The van der Waals surface area contributed by atoms with Crippen molar-refractivity contribution in [2.24, 2.45) is 5.92 Å². The fraction of sp³-hybridized carbons (Fsp3) is 0.357. The predicted octanol–water partition coefficient (Wildman–Crippen LogP) is 2.31. The number of nitrogens with zero attached hydrogens (tertiary/aromatic N) is 1. The van der Waals surface area contributed by atoms with Crippen LogP contribution in [0, 0.1) is 24.2 Å². The number of benzene rings is 1. The summed E-state index contributed by atoms with van der Waals surface area (Å²) >= 11 is 0. The molecule has 100 valence electrons. The van der Waals surface area contributed by atoms with Crippen molar-refractivity contribution in [1.29, 1.82) is 5.26 Å². The number of anilines is 1. The number of amides is 1. The molecule has 0 saturated heterocycles. The molecule has 1 aromatic rings. The third-order valence-electron chi connectivity index (χ3n) is 2.72. The van der Waals surface area contributed by atoms with E-state index in [-0.39, 0.29) is 24.7 Å². The van der Waals surface area contributed by atoms with E-state index in [0.29, 0.717) is 11.3 Å². The second-order valence-electron chi connectivity index (χ2n) is 4.56. The minimum absolute atomic E-state index is 0.0493. The van der Waals surface area contributed by atoms with Gasteiger partial charge in [-0.05, 0) is 24.5 Å². The SMILES string of the molecule is Cc1cccc(NC(=O)CC(C)CC(=O)O)c1C#N. The Balaban J connectivity index is 2.70. The topological polar surface area (TPSA) is 90.2 Å². The van der Waals surface area contributed by atoms with Gasteiger partial charge in [0.15, 0.2) is 0 Å². The van der Waals surface area contributed by atoms with Crippen LogP contribution in [0.1, 0.15) is 30.9 Å². The normalized spacial score (nSPS) is 11.4. The van der Waals surface area contributed by atoms with Gasteiger partial charge in [0.1, 0.15) is 6.07 Å². The van der Waals surface area contributed by atoms with E-state index in [9.17, 15) is 9.59 Å².